The molecule has 0 saturated carbocycles. The normalized spacial score (nSPS) is 11.7. The number of nitrogens with zero attached hydrogens (tertiary/aromatic N) is 1. The van der Waals surface area contributed by atoms with Crippen molar-refractivity contribution in [3.8, 4) is 44.5 Å². The molecular formula is C62H39NOS. The molecule has 0 N–H and O–H groups in total. The van der Waals surface area contributed by atoms with E-state index in [1.807, 2.05) is 17.4 Å². The summed E-state index contributed by atoms with van der Waals surface area (Å²) in [5.74, 6) is 0. The van der Waals surface area contributed by atoms with E-state index in [2.05, 4.69) is 235 Å². The van der Waals surface area contributed by atoms with E-state index >= 15 is 0 Å². The third-order valence-corrected chi connectivity index (χ3v) is 14.2. The van der Waals surface area contributed by atoms with Crippen LogP contribution in [-0.4, -0.2) is 0 Å². The first-order valence-corrected chi connectivity index (χ1v) is 23.0. The molecule has 0 aliphatic carbocycles. The summed E-state index contributed by atoms with van der Waals surface area (Å²) < 4.78 is 9.15. The maximum atomic E-state index is 6.51. The predicted molar refractivity (Wildman–Crippen MR) is 278 cm³/mol. The molecule has 0 atom stereocenters. The Kier molecular flexibility index (Phi) is 8.75. The van der Waals surface area contributed by atoms with E-state index in [0.29, 0.717) is 0 Å². The molecule has 0 aliphatic heterocycles. The van der Waals surface area contributed by atoms with Gasteiger partial charge in [-0.3, -0.25) is 0 Å². The largest absolute Gasteiger partial charge is 0.455 e. The molecule has 2 aromatic heterocycles. The predicted octanol–water partition coefficient (Wildman–Crippen LogP) is 18.4. The Morgan fingerprint density at radius 3 is 1.48 bits per heavy atom. The van der Waals surface area contributed by atoms with Crippen molar-refractivity contribution in [2.75, 3.05) is 4.90 Å². The maximum absolute atomic E-state index is 6.51. The van der Waals surface area contributed by atoms with Crippen molar-refractivity contribution in [1.82, 2.24) is 0 Å². The van der Waals surface area contributed by atoms with Crippen molar-refractivity contribution < 1.29 is 4.42 Å². The van der Waals surface area contributed by atoms with Gasteiger partial charge in [0.05, 0.1) is 0 Å². The van der Waals surface area contributed by atoms with Crippen LogP contribution >= 0.6 is 11.3 Å². The minimum absolute atomic E-state index is 0.891. The molecule has 11 aromatic carbocycles. The van der Waals surface area contributed by atoms with E-state index in [4.69, 9.17) is 4.42 Å². The smallest absolute Gasteiger partial charge is 0.143 e. The van der Waals surface area contributed by atoms with Gasteiger partial charge in [0.15, 0.2) is 0 Å². The van der Waals surface area contributed by atoms with Crippen LogP contribution < -0.4 is 4.90 Å². The van der Waals surface area contributed by atoms with Gasteiger partial charge in [0.25, 0.3) is 0 Å². The average Bonchev–Trinajstić information content (AvgIpc) is 3.95. The fraction of sp³-hybridized carbons (Fsp3) is 0. The van der Waals surface area contributed by atoms with Gasteiger partial charge in [-0.25, -0.2) is 0 Å². The highest BCUT2D eigenvalue weighted by molar-refractivity contribution is 7.25. The first-order valence-electron chi connectivity index (χ1n) is 22.1. The quantitative estimate of drug-likeness (QED) is 0.149. The lowest BCUT2D eigenvalue weighted by Crippen LogP contribution is -2.09. The molecular weight excluding hydrogens is 807 g/mol. The molecule has 304 valence electrons. The molecule has 0 spiro atoms. The van der Waals surface area contributed by atoms with Crippen LogP contribution in [0, 0.1) is 0 Å². The Labute approximate surface area is 380 Å². The van der Waals surface area contributed by atoms with Gasteiger partial charge in [-0.05, 0) is 133 Å². The summed E-state index contributed by atoms with van der Waals surface area (Å²) in [6.45, 7) is 0. The SMILES string of the molecule is c1ccc(-c2cccc3c2oc2ccc(-c4ccc(N(c5ccc(-c6ccc7ccc8ccccc8c7c6)cc5)c5ccc(-c6ccc7sc8ccccc8c7c6)cc5)cc4)cc23)cc1. The van der Waals surface area contributed by atoms with Crippen LogP contribution in [0.25, 0.3) is 108 Å². The van der Waals surface area contributed by atoms with Crippen LogP contribution in [0.1, 0.15) is 0 Å². The van der Waals surface area contributed by atoms with Gasteiger partial charge >= 0.3 is 0 Å². The Balaban J connectivity index is 0.874. The van der Waals surface area contributed by atoms with Crippen molar-refractivity contribution in [2.24, 2.45) is 0 Å². The fourth-order valence-electron chi connectivity index (χ4n) is 9.77. The molecule has 2 nitrogen and oxygen atoms in total. The zero-order chi connectivity index (χ0) is 42.8. The molecule has 2 heterocycles. The van der Waals surface area contributed by atoms with Gasteiger partial charge in [0, 0.05) is 53.6 Å². The molecule has 3 heteroatoms. The summed E-state index contributed by atoms with van der Waals surface area (Å²) >= 11 is 1.86. The summed E-state index contributed by atoms with van der Waals surface area (Å²) in [6.07, 6.45) is 0. The van der Waals surface area contributed by atoms with E-state index in [1.54, 1.807) is 0 Å². The van der Waals surface area contributed by atoms with E-state index in [9.17, 15) is 0 Å². The second-order valence-corrected chi connectivity index (χ2v) is 18.0. The van der Waals surface area contributed by atoms with E-state index < -0.39 is 0 Å². The molecule has 0 saturated heterocycles. The monoisotopic (exact) mass is 845 g/mol. The Bertz CT molecular complexity index is 3920. The highest BCUT2D eigenvalue weighted by Gasteiger charge is 2.17. The van der Waals surface area contributed by atoms with Crippen LogP contribution in [0.5, 0.6) is 0 Å². The van der Waals surface area contributed by atoms with Crippen LogP contribution in [-0.2, 0) is 0 Å². The number of hydrogen-bond acceptors (Lipinski definition) is 3. The number of para-hydroxylation sites is 1. The zero-order valence-corrected chi connectivity index (χ0v) is 36.1. The van der Waals surface area contributed by atoms with Gasteiger partial charge in [-0.2, -0.15) is 0 Å². The molecule has 0 unspecified atom stereocenters. The lowest BCUT2D eigenvalue weighted by Gasteiger charge is -2.26. The topological polar surface area (TPSA) is 16.4 Å². The lowest BCUT2D eigenvalue weighted by atomic mass is 9.97. The molecule has 13 aromatic rings. The van der Waals surface area contributed by atoms with E-state index in [1.165, 1.54) is 64.0 Å². The summed E-state index contributed by atoms with van der Waals surface area (Å²) in [4.78, 5) is 2.36. The third-order valence-electron chi connectivity index (χ3n) is 13.1. The molecule has 0 amide bonds. The Hall–Kier alpha value is -8.24. The van der Waals surface area contributed by atoms with Crippen molar-refractivity contribution in [1.29, 1.82) is 0 Å². The molecule has 13 rings (SSSR count). The first-order chi connectivity index (χ1) is 32.2. The van der Waals surface area contributed by atoms with Crippen molar-refractivity contribution in [2.45, 2.75) is 0 Å². The van der Waals surface area contributed by atoms with Gasteiger partial charge in [0.2, 0.25) is 0 Å². The molecule has 0 radical (unpaired) electrons. The summed E-state index contributed by atoms with van der Waals surface area (Å²) in [5.41, 5.74) is 14.4. The second-order valence-electron chi connectivity index (χ2n) is 16.9. The van der Waals surface area contributed by atoms with Gasteiger partial charge < -0.3 is 9.32 Å². The van der Waals surface area contributed by atoms with E-state index in [0.717, 1.165) is 61.3 Å². The summed E-state index contributed by atoms with van der Waals surface area (Å²) in [5, 5.41) is 9.93. The number of furan rings is 1. The van der Waals surface area contributed by atoms with Crippen LogP contribution in [0.2, 0.25) is 0 Å². The molecule has 0 bridgehead atoms. The lowest BCUT2D eigenvalue weighted by molar-refractivity contribution is 0.670. The average molecular weight is 846 g/mol. The maximum Gasteiger partial charge on any atom is 0.143 e. The van der Waals surface area contributed by atoms with Crippen LogP contribution in [0.3, 0.4) is 0 Å². The van der Waals surface area contributed by atoms with Crippen molar-refractivity contribution >= 4 is 92.1 Å². The first kappa shape index (κ1) is 37.3. The highest BCUT2D eigenvalue weighted by Crippen LogP contribution is 2.42. The number of fused-ring (bicyclic) bond motifs is 9. The van der Waals surface area contributed by atoms with Gasteiger partial charge in [0.1, 0.15) is 11.2 Å². The highest BCUT2D eigenvalue weighted by atomic mass is 32.1. The fourth-order valence-corrected chi connectivity index (χ4v) is 10.9. The minimum atomic E-state index is 0.891. The van der Waals surface area contributed by atoms with Gasteiger partial charge in [-0.1, -0.05) is 164 Å². The minimum Gasteiger partial charge on any atom is -0.455 e. The number of rotatable bonds is 7. The van der Waals surface area contributed by atoms with Gasteiger partial charge in [-0.15, -0.1) is 11.3 Å². The number of anilines is 3. The number of hydrogen-bond donors (Lipinski definition) is 0. The molecule has 0 aliphatic rings. The third kappa shape index (κ3) is 6.48. The number of thiophene rings is 1. The zero-order valence-electron chi connectivity index (χ0n) is 35.3. The second kappa shape index (κ2) is 15.2. The Morgan fingerprint density at radius 2 is 0.785 bits per heavy atom. The standard InChI is InChI=1S/C62H39NOS/c1-2-9-43(10-3-1)53-14-8-15-55-57-38-47(27-35-59(57)64-62(53)55)41-23-31-50(32-24-41)63(51-33-25-42(26-34-51)48-28-36-61-58(39-48)54-13-6-7-16-60(54)65-61)49-29-21-40(22-30-49)46-20-19-45-18-17-44-11-4-5-12-52(44)56(45)37-46/h1-39H. The summed E-state index contributed by atoms with van der Waals surface area (Å²) in [6, 6.07) is 85.9. The van der Waals surface area contributed by atoms with Crippen molar-refractivity contribution in [3.05, 3.63) is 237 Å². The van der Waals surface area contributed by atoms with Crippen molar-refractivity contribution in [3.63, 3.8) is 0 Å². The van der Waals surface area contributed by atoms with E-state index in [-0.39, 0.29) is 0 Å². The van der Waals surface area contributed by atoms with Crippen LogP contribution in [0.4, 0.5) is 17.1 Å². The summed E-state index contributed by atoms with van der Waals surface area (Å²) in [7, 11) is 0. The Morgan fingerprint density at radius 1 is 0.292 bits per heavy atom. The van der Waals surface area contributed by atoms with Crippen LogP contribution in [0.15, 0.2) is 241 Å². The molecule has 65 heavy (non-hydrogen) atoms. The number of benzene rings is 11. The molecule has 0 fully saturated rings.